The van der Waals surface area contributed by atoms with Crippen LogP contribution in [0.25, 0.3) is 11.1 Å². The molecule has 0 amide bonds. The van der Waals surface area contributed by atoms with Gasteiger partial charge in [0.25, 0.3) is 0 Å². The second-order valence-electron chi connectivity index (χ2n) is 7.74. The zero-order chi connectivity index (χ0) is 22.1. The molecule has 2 aromatic carbocycles. The second kappa shape index (κ2) is 8.53. The van der Waals surface area contributed by atoms with Crippen LogP contribution in [0.2, 0.25) is 0 Å². The van der Waals surface area contributed by atoms with Crippen LogP contribution < -0.4 is 4.74 Å². The predicted molar refractivity (Wildman–Crippen MR) is 102 cm³/mol. The van der Waals surface area contributed by atoms with Crippen molar-refractivity contribution in [1.29, 1.82) is 0 Å². The molecule has 1 fully saturated rings. The van der Waals surface area contributed by atoms with Gasteiger partial charge in [0, 0.05) is 11.6 Å². The molecule has 164 valence electrons. The third-order valence-electron chi connectivity index (χ3n) is 5.34. The van der Waals surface area contributed by atoms with E-state index in [0.29, 0.717) is 24.8 Å². The molecule has 0 saturated heterocycles. The van der Waals surface area contributed by atoms with E-state index in [-0.39, 0.29) is 22.8 Å². The molecular formula is C21H21F5O3S. The Morgan fingerprint density at radius 1 is 1.00 bits per heavy atom. The minimum atomic E-state index is -5.13. The number of sulfone groups is 1. The molecule has 1 aliphatic rings. The van der Waals surface area contributed by atoms with Crippen molar-refractivity contribution in [1.82, 2.24) is 0 Å². The molecule has 0 heterocycles. The fourth-order valence-corrected chi connectivity index (χ4v) is 5.57. The summed E-state index contributed by atoms with van der Waals surface area (Å²) < 4.78 is 95.7. The van der Waals surface area contributed by atoms with E-state index in [1.807, 2.05) is 0 Å². The molecule has 0 aliphatic heterocycles. The minimum absolute atomic E-state index is 0.0582. The molecule has 0 atom stereocenters. The third kappa shape index (κ3) is 5.50. The molecule has 0 unspecified atom stereocenters. The van der Waals surface area contributed by atoms with Crippen molar-refractivity contribution >= 4 is 9.84 Å². The number of halogens is 5. The van der Waals surface area contributed by atoms with E-state index < -0.39 is 38.5 Å². The summed E-state index contributed by atoms with van der Waals surface area (Å²) >= 11 is 0. The van der Waals surface area contributed by atoms with Crippen LogP contribution in [0.4, 0.5) is 22.0 Å². The number of alkyl halides is 3. The summed E-state index contributed by atoms with van der Waals surface area (Å²) in [4.78, 5) is -0.593. The minimum Gasteiger partial charge on any atom is -0.404 e. The molecule has 9 heteroatoms. The maximum Gasteiger partial charge on any atom is 0.573 e. The van der Waals surface area contributed by atoms with Crippen LogP contribution in [0.15, 0.2) is 41.3 Å². The Morgan fingerprint density at radius 3 is 2.27 bits per heavy atom. The highest BCUT2D eigenvalue weighted by molar-refractivity contribution is 7.91. The molecular weight excluding hydrogens is 427 g/mol. The van der Waals surface area contributed by atoms with Gasteiger partial charge in [-0.3, -0.25) is 0 Å². The summed E-state index contributed by atoms with van der Waals surface area (Å²) in [5.41, 5.74) is -0.231. The van der Waals surface area contributed by atoms with E-state index >= 15 is 0 Å². The van der Waals surface area contributed by atoms with E-state index in [9.17, 15) is 30.4 Å². The molecule has 0 radical (unpaired) electrons. The lowest BCUT2D eigenvalue weighted by molar-refractivity contribution is -0.275. The first-order valence-corrected chi connectivity index (χ1v) is 11.2. The van der Waals surface area contributed by atoms with Crippen molar-refractivity contribution in [2.45, 2.75) is 43.9 Å². The van der Waals surface area contributed by atoms with Crippen LogP contribution in [0, 0.1) is 23.5 Å². The lowest BCUT2D eigenvalue weighted by Crippen LogP contribution is -2.23. The average Bonchev–Trinajstić information content (AvgIpc) is 2.62. The molecule has 0 spiro atoms. The average molecular weight is 448 g/mol. The van der Waals surface area contributed by atoms with Gasteiger partial charge in [-0.2, -0.15) is 0 Å². The van der Waals surface area contributed by atoms with Crippen molar-refractivity contribution in [2.75, 3.05) is 5.75 Å². The van der Waals surface area contributed by atoms with Gasteiger partial charge in [0.1, 0.15) is 22.3 Å². The predicted octanol–water partition coefficient (Wildman–Crippen LogP) is 6.13. The van der Waals surface area contributed by atoms with Crippen molar-refractivity contribution in [3.63, 3.8) is 0 Å². The van der Waals surface area contributed by atoms with Crippen LogP contribution in [-0.4, -0.2) is 20.5 Å². The molecule has 1 saturated carbocycles. The number of hydrogen-bond acceptors (Lipinski definition) is 3. The van der Waals surface area contributed by atoms with Gasteiger partial charge in [0.2, 0.25) is 0 Å². The second-order valence-corrected chi connectivity index (χ2v) is 9.74. The third-order valence-corrected chi connectivity index (χ3v) is 7.25. The molecule has 0 aromatic heterocycles. The fourth-order valence-electron chi connectivity index (χ4n) is 3.76. The monoisotopic (exact) mass is 448 g/mol. The summed E-state index contributed by atoms with van der Waals surface area (Å²) in [5.74, 6) is -2.67. The van der Waals surface area contributed by atoms with E-state index in [1.54, 1.807) is 0 Å². The van der Waals surface area contributed by atoms with E-state index in [2.05, 4.69) is 11.7 Å². The van der Waals surface area contributed by atoms with Gasteiger partial charge in [-0.15, -0.1) is 13.2 Å². The molecule has 1 aliphatic carbocycles. The molecule has 0 N–H and O–H groups in total. The Hall–Kier alpha value is -2.16. The fraction of sp³-hybridized carbons (Fsp3) is 0.429. The smallest absolute Gasteiger partial charge is 0.404 e. The Labute approximate surface area is 171 Å². The van der Waals surface area contributed by atoms with E-state index in [1.165, 1.54) is 6.07 Å². The topological polar surface area (TPSA) is 43.4 Å². The summed E-state index contributed by atoms with van der Waals surface area (Å²) in [7, 11) is -4.07. The lowest BCUT2D eigenvalue weighted by Gasteiger charge is -2.26. The zero-order valence-corrected chi connectivity index (χ0v) is 17.0. The van der Waals surface area contributed by atoms with E-state index in [0.717, 1.165) is 37.1 Å². The van der Waals surface area contributed by atoms with Crippen LogP contribution in [0.3, 0.4) is 0 Å². The van der Waals surface area contributed by atoms with Gasteiger partial charge in [-0.1, -0.05) is 25.8 Å². The first kappa shape index (κ1) is 22.5. The first-order valence-electron chi connectivity index (χ1n) is 9.52. The Morgan fingerprint density at radius 2 is 1.67 bits per heavy atom. The van der Waals surface area contributed by atoms with Gasteiger partial charge in [0.05, 0.1) is 5.75 Å². The Kier molecular flexibility index (Phi) is 6.40. The SMILES string of the molecule is CC1CCC(CS(=O)(=O)c2ccc(-c3ccc(F)cc3F)cc2OC(F)(F)F)CC1. The number of rotatable bonds is 5. The lowest BCUT2D eigenvalue weighted by atomic mass is 9.84. The number of ether oxygens (including phenoxy) is 1. The maximum absolute atomic E-state index is 14.1. The zero-order valence-electron chi connectivity index (χ0n) is 16.2. The van der Waals surface area contributed by atoms with Crippen LogP contribution in [-0.2, 0) is 9.84 Å². The van der Waals surface area contributed by atoms with Gasteiger partial charge in [-0.05, 0) is 54.5 Å². The van der Waals surface area contributed by atoms with Gasteiger partial charge < -0.3 is 4.74 Å². The Balaban J connectivity index is 1.98. The van der Waals surface area contributed by atoms with Crippen LogP contribution >= 0.6 is 0 Å². The quantitative estimate of drug-likeness (QED) is 0.517. The molecule has 2 aromatic rings. The van der Waals surface area contributed by atoms with E-state index in [4.69, 9.17) is 0 Å². The van der Waals surface area contributed by atoms with Crippen LogP contribution in [0.1, 0.15) is 32.6 Å². The highest BCUT2D eigenvalue weighted by Gasteiger charge is 2.35. The van der Waals surface area contributed by atoms with Gasteiger partial charge in [-0.25, -0.2) is 17.2 Å². The molecule has 3 rings (SSSR count). The summed E-state index contributed by atoms with van der Waals surface area (Å²) in [6.45, 7) is 2.08. The highest BCUT2D eigenvalue weighted by atomic mass is 32.2. The highest BCUT2D eigenvalue weighted by Crippen LogP contribution is 2.37. The maximum atomic E-state index is 14.1. The number of hydrogen-bond donors (Lipinski definition) is 0. The standard InChI is InChI=1S/C21H21F5O3S/c1-13-2-4-14(5-3-13)12-30(27,28)20-9-6-15(10-19(20)29-21(24,25)26)17-8-7-16(22)11-18(17)23/h6-11,13-14H,2-5,12H2,1H3. The molecule has 30 heavy (non-hydrogen) atoms. The van der Waals surface area contributed by atoms with Gasteiger partial charge >= 0.3 is 6.36 Å². The largest absolute Gasteiger partial charge is 0.573 e. The normalized spacial score (nSPS) is 20.2. The van der Waals surface area contributed by atoms with Crippen molar-refractivity contribution < 1.29 is 35.1 Å². The van der Waals surface area contributed by atoms with Gasteiger partial charge in [0.15, 0.2) is 9.84 Å². The van der Waals surface area contributed by atoms with Crippen molar-refractivity contribution in [2.24, 2.45) is 11.8 Å². The van der Waals surface area contributed by atoms with Crippen molar-refractivity contribution in [3.8, 4) is 16.9 Å². The summed E-state index contributed by atoms with van der Waals surface area (Å²) in [6, 6.07) is 5.61. The Bertz CT molecular complexity index is 1010. The van der Waals surface area contributed by atoms with Crippen molar-refractivity contribution in [3.05, 3.63) is 48.0 Å². The summed E-state index contributed by atoms with van der Waals surface area (Å²) in [6.07, 6.45) is -2.02. The van der Waals surface area contributed by atoms with Crippen LogP contribution in [0.5, 0.6) is 5.75 Å². The first-order chi connectivity index (χ1) is 13.9. The molecule has 3 nitrogen and oxygen atoms in total. The number of benzene rings is 2. The summed E-state index contributed by atoms with van der Waals surface area (Å²) in [5, 5.41) is 0. The molecule has 0 bridgehead atoms.